The van der Waals surface area contributed by atoms with Crippen molar-refractivity contribution in [2.45, 2.75) is 32.4 Å². The maximum atomic E-state index is 6.30. The Bertz CT molecular complexity index is 1140. The summed E-state index contributed by atoms with van der Waals surface area (Å²) in [5.74, 6) is 0.929. The van der Waals surface area contributed by atoms with Crippen LogP contribution in [0.4, 0.5) is 0 Å². The maximum absolute atomic E-state index is 6.30. The van der Waals surface area contributed by atoms with E-state index in [9.17, 15) is 0 Å². The SMILES string of the molecule is Cl.Cn1c(COc2ccc3ccccc3c2)c(CN2CCCCC2)c2ccccc21. The van der Waals surface area contributed by atoms with Crippen LogP contribution >= 0.6 is 12.4 Å². The number of hydrogen-bond acceptors (Lipinski definition) is 2. The summed E-state index contributed by atoms with van der Waals surface area (Å²) < 4.78 is 8.62. The number of ether oxygens (including phenoxy) is 1. The molecule has 3 aromatic carbocycles. The molecule has 0 radical (unpaired) electrons. The fourth-order valence-corrected chi connectivity index (χ4v) is 4.63. The number of rotatable bonds is 5. The van der Waals surface area contributed by atoms with Crippen LogP contribution in [0.5, 0.6) is 5.75 Å². The Balaban J connectivity index is 0.00000218. The zero-order chi connectivity index (χ0) is 19.6. The molecule has 0 spiro atoms. The molecule has 1 fully saturated rings. The standard InChI is InChI=1S/C26H28N2O.ClH/c1-27-25-12-6-5-11-23(25)24(18-28-15-7-2-8-16-28)26(27)19-29-22-14-13-20-9-3-4-10-21(20)17-22;/h3-6,9-14,17H,2,7-8,15-16,18-19H2,1H3;1H. The lowest BCUT2D eigenvalue weighted by Crippen LogP contribution is -2.29. The molecule has 0 amide bonds. The molecule has 0 unspecified atom stereocenters. The first-order chi connectivity index (χ1) is 14.3. The quantitative estimate of drug-likeness (QED) is 0.376. The zero-order valence-corrected chi connectivity index (χ0v) is 18.3. The number of para-hydroxylation sites is 1. The number of halogens is 1. The molecular formula is C26H29ClN2O. The minimum absolute atomic E-state index is 0. The number of aromatic nitrogens is 1. The highest BCUT2D eigenvalue weighted by Crippen LogP contribution is 2.29. The van der Waals surface area contributed by atoms with E-state index in [2.05, 4.69) is 83.2 Å². The summed E-state index contributed by atoms with van der Waals surface area (Å²) in [6.45, 7) is 4.01. The van der Waals surface area contributed by atoms with E-state index in [0.717, 1.165) is 12.3 Å². The van der Waals surface area contributed by atoms with Crippen molar-refractivity contribution in [3.05, 3.63) is 78.0 Å². The zero-order valence-electron chi connectivity index (χ0n) is 17.5. The Morgan fingerprint density at radius 2 is 1.57 bits per heavy atom. The number of aryl methyl sites for hydroxylation is 1. The fourth-order valence-electron chi connectivity index (χ4n) is 4.63. The van der Waals surface area contributed by atoms with Crippen molar-refractivity contribution in [1.29, 1.82) is 0 Å². The van der Waals surface area contributed by atoms with Crippen molar-refractivity contribution in [3.63, 3.8) is 0 Å². The molecule has 0 aliphatic carbocycles. The average Bonchev–Trinajstić information content (AvgIpc) is 3.04. The molecule has 4 aromatic rings. The van der Waals surface area contributed by atoms with Gasteiger partial charge in [-0.25, -0.2) is 0 Å². The van der Waals surface area contributed by atoms with E-state index in [4.69, 9.17) is 4.74 Å². The van der Waals surface area contributed by atoms with Gasteiger partial charge in [-0.1, -0.05) is 55.0 Å². The van der Waals surface area contributed by atoms with Crippen LogP contribution in [0, 0.1) is 0 Å². The molecule has 4 heteroatoms. The van der Waals surface area contributed by atoms with Crippen molar-refractivity contribution < 1.29 is 4.74 Å². The number of piperidine rings is 1. The second kappa shape index (κ2) is 9.11. The third kappa shape index (κ3) is 4.05. The van der Waals surface area contributed by atoms with Crippen molar-refractivity contribution in [3.8, 4) is 5.75 Å². The minimum Gasteiger partial charge on any atom is -0.487 e. The minimum atomic E-state index is 0. The number of nitrogens with zero attached hydrogens (tertiary/aromatic N) is 2. The second-order valence-corrected chi connectivity index (χ2v) is 8.14. The summed E-state index contributed by atoms with van der Waals surface area (Å²) in [4.78, 5) is 2.60. The Labute approximate surface area is 184 Å². The van der Waals surface area contributed by atoms with Gasteiger partial charge in [0.25, 0.3) is 0 Å². The van der Waals surface area contributed by atoms with Gasteiger partial charge in [-0.15, -0.1) is 12.4 Å². The van der Waals surface area contributed by atoms with Gasteiger partial charge in [0.15, 0.2) is 0 Å². The Kier molecular flexibility index (Phi) is 6.31. The average molecular weight is 421 g/mol. The lowest BCUT2D eigenvalue weighted by Gasteiger charge is -2.26. The van der Waals surface area contributed by atoms with Crippen LogP contribution in [0.1, 0.15) is 30.5 Å². The predicted molar refractivity (Wildman–Crippen MR) is 128 cm³/mol. The molecule has 1 saturated heterocycles. The largest absolute Gasteiger partial charge is 0.487 e. The van der Waals surface area contributed by atoms with Gasteiger partial charge >= 0.3 is 0 Å². The van der Waals surface area contributed by atoms with Crippen LogP contribution in [-0.4, -0.2) is 22.6 Å². The second-order valence-electron chi connectivity index (χ2n) is 8.14. The van der Waals surface area contributed by atoms with Crippen LogP contribution in [-0.2, 0) is 20.2 Å². The van der Waals surface area contributed by atoms with E-state index in [1.54, 1.807) is 0 Å². The highest BCUT2D eigenvalue weighted by atomic mass is 35.5. The summed E-state index contributed by atoms with van der Waals surface area (Å²) in [5.41, 5.74) is 3.99. The smallest absolute Gasteiger partial charge is 0.129 e. The van der Waals surface area contributed by atoms with E-state index in [1.807, 2.05) is 0 Å². The van der Waals surface area contributed by atoms with Gasteiger partial charge < -0.3 is 9.30 Å². The van der Waals surface area contributed by atoms with Crippen LogP contribution in [0.2, 0.25) is 0 Å². The van der Waals surface area contributed by atoms with E-state index in [1.165, 1.54) is 65.3 Å². The van der Waals surface area contributed by atoms with Crippen molar-refractivity contribution >= 4 is 34.1 Å². The third-order valence-corrected chi connectivity index (χ3v) is 6.27. The van der Waals surface area contributed by atoms with Gasteiger partial charge in [-0.05, 0) is 60.5 Å². The fraction of sp³-hybridized carbons (Fsp3) is 0.308. The van der Waals surface area contributed by atoms with E-state index < -0.39 is 0 Å². The monoisotopic (exact) mass is 420 g/mol. The van der Waals surface area contributed by atoms with Crippen molar-refractivity contribution in [1.82, 2.24) is 9.47 Å². The van der Waals surface area contributed by atoms with Crippen LogP contribution in [0.25, 0.3) is 21.7 Å². The molecule has 2 heterocycles. The Morgan fingerprint density at radius 3 is 2.40 bits per heavy atom. The first kappa shape index (κ1) is 20.8. The van der Waals surface area contributed by atoms with E-state index in [-0.39, 0.29) is 12.4 Å². The predicted octanol–water partition coefficient (Wildman–Crippen LogP) is 6.32. The first-order valence-corrected chi connectivity index (χ1v) is 10.7. The summed E-state index contributed by atoms with van der Waals surface area (Å²) in [6.07, 6.45) is 3.99. The lowest BCUT2D eigenvalue weighted by molar-refractivity contribution is 0.218. The number of fused-ring (bicyclic) bond motifs is 2. The summed E-state index contributed by atoms with van der Waals surface area (Å²) in [5, 5.41) is 3.82. The number of benzene rings is 3. The summed E-state index contributed by atoms with van der Waals surface area (Å²) >= 11 is 0. The molecule has 0 saturated carbocycles. The molecule has 3 nitrogen and oxygen atoms in total. The van der Waals surface area contributed by atoms with Crippen molar-refractivity contribution in [2.24, 2.45) is 7.05 Å². The Morgan fingerprint density at radius 1 is 0.833 bits per heavy atom. The molecule has 1 aliphatic heterocycles. The van der Waals surface area contributed by atoms with Gasteiger partial charge in [-0.3, -0.25) is 4.90 Å². The molecule has 5 rings (SSSR count). The summed E-state index contributed by atoms with van der Waals surface area (Å²) in [6, 6.07) is 23.5. The number of likely N-dealkylation sites (tertiary alicyclic amines) is 1. The molecule has 0 N–H and O–H groups in total. The highest BCUT2D eigenvalue weighted by Gasteiger charge is 2.19. The lowest BCUT2D eigenvalue weighted by atomic mass is 10.1. The van der Waals surface area contributed by atoms with Gasteiger partial charge in [0.2, 0.25) is 0 Å². The maximum Gasteiger partial charge on any atom is 0.129 e. The van der Waals surface area contributed by atoms with Gasteiger partial charge in [0.1, 0.15) is 12.4 Å². The van der Waals surface area contributed by atoms with Gasteiger partial charge in [0.05, 0.1) is 5.69 Å². The number of hydrogen-bond donors (Lipinski definition) is 0. The van der Waals surface area contributed by atoms with Crippen LogP contribution in [0.3, 0.4) is 0 Å². The molecule has 1 aromatic heterocycles. The first-order valence-electron chi connectivity index (χ1n) is 10.7. The third-order valence-electron chi connectivity index (χ3n) is 6.27. The topological polar surface area (TPSA) is 17.4 Å². The van der Waals surface area contributed by atoms with Crippen LogP contribution in [0.15, 0.2) is 66.7 Å². The Hall–Kier alpha value is -2.49. The molecule has 0 bridgehead atoms. The highest BCUT2D eigenvalue weighted by molar-refractivity contribution is 5.86. The molecule has 0 atom stereocenters. The summed E-state index contributed by atoms with van der Waals surface area (Å²) in [7, 11) is 2.17. The molecular weight excluding hydrogens is 392 g/mol. The normalized spacial score (nSPS) is 14.7. The van der Waals surface area contributed by atoms with Crippen molar-refractivity contribution in [2.75, 3.05) is 13.1 Å². The van der Waals surface area contributed by atoms with Crippen LogP contribution < -0.4 is 4.74 Å². The molecule has 1 aliphatic rings. The molecule has 156 valence electrons. The van der Waals surface area contributed by atoms with Gasteiger partial charge in [-0.2, -0.15) is 0 Å². The van der Waals surface area contributed by atoms with E-state index in [0.29, 0.717) is 6.61 Å². The molecule has 30 heavy (non-hydrogen) atoms. The van der Waals surface area contributed by atoms with Gasteiger partial charge in [0, 0.05) is 24.5 Å². The van der Waals surface area contributed by atoms with E-state index >= 15 is 0 Å².